The van der Waals surface area contributed by atoms with Crippen LogP contribution in [0.15, 0.2) is 18.3 Å². The zero-order valence-electron chi connectivity index (χ0n) is 8.62. The number of rotatable bonds is 2. The number of β-lactam (4-membered cyclic amide) rings is 1. The molecule has 1 amide bonds. The maximum atomic E-state index is 11.6. The van der Waals surface area contributed by atoms with Crippen molar-refractivity contribution in [3.8, 4) is 0 Å². The molecule has 84 valence electrons. The van der Waals surface area contributed by atoms with E-state index in [9.17, 15) is 9.59 Å². The fourth-order valence-corrected chi connectivity index (χ4v) is 1.93. The van der Waals surface area contributed by atoms with Crippen LogP contribution >= 0.6 is 0 Å². The Morgan fingerprint density at radius 2 is 2.31 bits per heavy atom. The van der Waals surface area contributed by atoms with Crippen LogP contribution in [-0.2, 0) is 9.59 Å². The van der Waals surface area contributed by atoms with Gasteiger partial charge in [0.15, 0.2) is 0 Å². The highest BCUT2D eigenvalue weighted by atomic mass is 16.4. The molecule has 2 unspecified atom stereocenters. The molecule has 3 N–H and O–H groups in total. The monoisotopic (exact) mass is 221 g/mol. The standard InChI is InChI=1S/C10H11N3O3/c1-13-8(10(15)16)7(9(13)14)5-2-3-12-6(11)4-5/h2-4,7-8H,1H3,(H2,11,12)(H,15,16). The molecule has 0 saturated carbocycles. The number of aliphatic carboxylic acids is 1. The number of pyridine rings is 1. The first-order chi connectivity index (χ1) is 7.52. The Bertz CT molecular complexity index is 460. The van der Waals surface area contributed by atoms with Crippen LogP contribution in [-0.4, -0.2) is 40.0 Å². The van der Waals surface area contributed by atoms with Crippen molar-refractivity contribution < 1.29 is 14.7 Å². The number of carboxylic acid groups (broad SMARTS) is 1. The van der Waals surface area contributed by atoms with Crippen molar-refractivity contribution in [1.29, 1.82) is 0 Å². The molecule has 6 heteroatoms. The van der Waals surface area contributed by atoms with E-state index in [0.29, 0.717) is 5.56 Å². The second kappa shape index (κ2) is 3.48. The molecule has 2 rings (SSSR count). The Balaban J connectivity index is 2.34. The van der Waals surface area contributed by atoms with Crippen molar-refractivity contribution >= 4 is 17.7 Å². The van der Waals surface area contributed by atoms with Gasteiger partial charge in [-0.3, -0.25) is 4.79 Å². The van der Waals surface area contributed by atoms with Gasteiger partial charge in [-0.25, -0.2) is 9.78 Å². The van der Waals surface area contributed by atoms with Crippen molar-refractivity contribution in [3.63, 3.8) is 0 Å². The van der Waals surface area contributed by atoms with Crippen molar-refractivity contribution in [3.05, 3.63) is 23.9 Å². The van der Waals surface area contributed by atoms with Crippen LogP contribution in [0.2, 0.25) is 0 Å². The van der Waals surface area contributed by atoms with E-state index in [4.69, 9.17) is 10.8 Å². The van der Waals surface area contributed by atoms with Gasteiger partial charge in [0.05, 0.1) is 5.92 Å². The molecular weight excluding hydrogens is 210 g/mol. The SMILES string of the molecule is CN1C(=O)C(c2ccnc(N)c2)C1C(=O)O. The third-order valence-electron chi connectivity index (χ3n) is 2.76. The molecule has 2 heterocycles. The second-order valence-electron chi connectivity index (χ2n) is 3.72. The lowest BCUT2D eigenvalue weighted by atomic mass is 9.82. The van der Waals surface area contributed by atoms with Gasteiger partial charge >= 0.3 is 5.97 Å². The lowest BCUT2D eigenvalue weighted by Crippen LogP contribution is -2.60. The van der Waals surface area contributed by atoms with Crippen LogP contribution in [0.4, 0.5) is 5.82 Å². The average molecular weight is 221 g/mol. The number of hydrogen-bond acceptors (Lipinski definition) is 4. The highest BCUT2D eigenvalue weighted by Gasteiger charge is 2.50. The van der Waals surface area contributed by atoms with Crippen LogP contribution in [0, 0.1) is 0 Å². The number of carboxylic acids is 1. The van der Waals surface area contributed by atoms with Crippen molar-refractivity contribution in [2.24, 2.45) is 0 Å². The summed E-state index contributed by atoms with van der Waals surface area (Å²) >= 11 is 0. The number of carbonyl (C=O) groups excluding carboxylic acids is 1. The number of carbonyl (C=O) groups is 2. The molecule has 0 aliphatic carbocycles. The molecule has 1 saturated heterocycles. The minimum absolute atomic E-state index is 0.210. The summed E-state index contributed by atoms with van der Waals surface area (Å²) in [7, 11) is 1.47. The van der Waals surface area contributed by atoms with Gasteiger partial charge in [-0.1, -0.05) is 0 Å². The number of nitrogens with zero attached hydrogens (tertiary/aromatic N) is 2. The van der Waals surface area contributed by atoms with Gasteiger partial charge in [0.1, 0.15) is 11.9 Å². The third kappa shape index (κ3) is 1.39. The molecular formula is C10H11N3O3. The van der Waals surface area contributed by atoms with Crippen LogP contribution in [0.1, 0.15) is 11.5 Å². The van der Waals surface area contributed by atoms with Gasteiger partial charge in [-0.15, -0.1) is 0 Å². The Kier molecular flexibility index (Phi) is 2.26. The maximum absolute atomic E-state index is 11.6. The van der Waals surface area contributed by atoms with Gasteiger partial charge in [0.2, 0.25) is 5.91 Å². The second-order valence-corrected chi connectivity index (χ2v) is 3.72. The first-order valence-electron chi connectivity index (χ1n) is 4.73. The minimum Gasteiger partial charge on any atom is -0.480 e. The summed E-state index contributed by atoms with van der Waals surface area (Å²) in [5.74, 6) is -1.59. The van der Waals surface area contributed by atoms with E-state index >= 15 is 0 Å². The van der Waals surface area contributed by atoms with Crippen LogP contribution in [0.5, 0.6) is 0 Å². The molecule has 2 atom stereocenters. The van der Waals surface area contributed by atoms with Crippen LogP contribution in [0.3, 0.4) is 0 Å². The third-order valence-corrected chi connectivity index (χ3v) is 2.76. The summed E-state index contributed by atoms with van der Waals surface area (Å²) in [6.07, 6.45) is 1.47. The Morgan fingerprint density at radius 3 is 2.88 bits per heavy atom. The first kappa shape index (κ1) is 10.4. The average Bonchev–Trinajstić information content (AvgIpc) is 2.23. The summed E-state index contributed by atoms with van der Waals surface area (Å²) in [5, 5.41) is 8.98. The largest absolute Gasteiger partial charge is 0.480 e. The highest BCUT2D eigenvalue weighted by molar-refractivity contribution is 6.00. The van der Waals surface area contributed by atoms with Crippen molar-refractivity contribution in [2.75, 3.05) is 12.8 Å². The van der Waals surface area contributed by atoms with Gasteiger partial charge < -0.3 is 15.7 Å². The van der Waals surface area contributed by atoms with Gasteiger partial charge in [0.25, 0.3) is 0 Å². The van der Waals surface area contributed by atoms with Crippen LogP contribution in [0.25, 0.3) is 0 Å². The summed E-state index contributed by atoms with van der Waals surface area (Å²) in [5.41, 5.74) is 6.09. The van der Waals surface area contributed by atoms with E-state index in [2.05, 4.69) is 4.98 Å². The molecule has 1 aromatic rings. The molecule has 0 bridgehead atoms. The molecule has 0 spiro atoms. The lowest BCUT2D eigenvalue weighted by molar-refractivity contribution is -0.163. The molecule has 1 aliphatic heterocycles. The number of amides is 1. The predicted octanol–water partition coefficient (Wildman–Crippen LogP) is -0.327. The van der Waals surface area contributed by atoms with Crippen molar-refractivity contribution in [2.45, 2.75) is 12.0 Å². The van der Waals surface area contributed by atoms with Gasteiger partial charge in [-0.2, -0.15) is 0 Å². The zero-order valence-corrected chi connectivity index (χ0v) is 8.62. The number of hydrogen-bond donors (Lipinski definition) is 2. The van der Waals surface area contributed by atoms with E-state index in [1.807, 2.05) is 0 Å². The predicted molar refractivity (Wildman–Crippen MR) is 55.6 cm³/mol. The molecule has 1 aromatic heterocycles. The Hall–Kier alpha value is -2.11. The van der Waals surface area contributed by atoms with Crippen molar-refractivity contribution in [1.82, 2.24) is 9.88 Å². The number of aromatic nitrogens is 1. The number of likely N-dealkylation sites (N-methyl/N-ethyl adjacent to an activating group) is 1. The quantitative estimate of drug-likeness (QED) is 0.667. The Labute approximate surface area is 91.7 Å². The fraction of sp³-hybridized carbons (Fsp3) is 0.300. The lowest BCUT2D eigenvalue weighted by Gasteiger charge is -2.42. The maximum Gasteiger partial charge on any atom is 0.327 e. The summed E-state index contributed by atoms with van der Waals surface area (Å²) < 4.78 is 0. The highest BCUT2D eigenvalue weighted by Crippen LogP contribution is 2.34. The summed E-state index contributed by atoms with van der Waals surface area (Å²) in [4.78, 5) is 27.6. The van der Waals surface area contributed by atoms with E-state index in [0.717, 1.165) is 0 Å². The van der Waals surface area contributed by atoms with E-state index in [-0.39, 0.29) is 11.7 Å². The normalized spacial score (nSPS) is 24.1. The number of anilines is 1. The number of likely N-dealkylation sites (tertiary alicyclic amines) is 1. The topological polar surface area (TPSA) is 96.5 Å². The van der Waals surface area contributed by atoms with E-state index < -0.39 is 17.9 Å². The molecule has 1 fully saturated rings. The van der Waals surface area contributed by atoms with Gasteiger partial charge in [-0.05, 0) is 17.7 Å². The summed E-state index contributed by atoms with van der Waals surface area (Å²) in [6, 6.07) is 2.34. The summed E-state index contributed by atoms with van der Waals surface area (Å²) in [6.45, 7) is 0. The number of nitrogens with two attached hydrogens (primary N) is 1. The molecule has 0 radical (unpaired) electrons. The van der Waals surface area contributed by atoms with E-state index in [1.165, 1.54) is 24.2 Å². The van der Waals surface area contributed by atoms with Crippen LogP contribution < -0.4 is 5.73 Å². The molecule has 6 nitrogen and oxygen atoms in total. The Morgan fingerprint density at radius 1 is 1.62 bits per heavy atom. The molecule has 16 heavy (non-hydrogen) atoms. The number of nitrogen functional groups attached to an aromatic ring is 1. The van der Waals surface area contributed by atoms with Gasteiger partial charge in [0, 0.05) is 13.2 Å². The smallest absolute Gasteiger partial charge is 0.327 e. The van der Waals surface area contributed by atoms with E-state index in [1.54, 1.807) is 6.07 Å². The minimum atomic E-state index is -1.01. The molecule has 0 aromatic carbocycles. The zero-order chi connectivity index (χ0) is 11.9. The first-order valence-corrected chi connectivity index (χ1v) is 4.73. The fourth-order valence-electron chi connectivity index (χ4n) is 1.93. The molecule has 1 aliphatic rings.